The second-order valence-corrected chi connectivity index (χ2v) is 3.62. The Balaban J connectivity index is 4.30. The molecule has 0 saturated heterocycles. The highest BCUT2D eigenvalue weighted by atomic mass is 15.0. The molecule has 0 aromatic heterocycles. The predicted molar refractivity (Wildman–Crippen MR) is 59.8 cm³/mol. The molecule has 0 aliphatic rings. The summed E-state index contributed by atoms with van der Waals surface area (Å²) in [6.45, 7) is 8.72. The van der Waals surface area contributed by atoms with Crippen molar-refractivity contribution in [3.05, 3.63) is 11.8 Å². The lowest BCUT2D eigenvalue weighted by Gasteiger charge is -2.22. The van der Waals surface area contributed by atoms with Gasteiger partial charge in [-0.1, -0.05) is 19.9 Å². The Labute approximate surface area is 82.8 Å². The van der Waals surface area contributed by atoms with Crippen molar-refractivity contribution < 1.29 is 0 Å². The van der Waals surface area contributed by atoms with Gasteiger partial charge in [-0.3, -0.25) is 0 Å². The first kappa shape index (κ1) is 12.5. The van der Waals surface area contributed by atoms with Gasteiger partial charge in [0.15, 0.2) is 0 Å². The van der Waals surface area contributed by atoms with Crippen LogP contribution in [0.3, 0.4) is 0 Å². The van der Waals surface area contributed by atoms with E-state index < -0.39 is 0 Å². The summed E-state index contributed by atoms with van der Waals surface area (Å²) in [7, 11) is 2.01. The molecule has 1 atom stereocenters. The molecule has 0 aliphatic carbocycles. The van der Waals surface area contributed by atoms with E-state index in [0.717, 1.165) is 12.8 Å². The Bertz CT molecular complexity index is 146. The zero-order valence-electron chi connectivity index (χ0n) is 9.65. The van der Waals surface area contributed by atoms with Crippen LogP contribution in [0.15, 0.2) is 11.8 Å². The van der Waals surface area contributed by atoms with E-state index in [1.807, 2.05) is 7.05 Å². The van der Waals surface area contributed by atoms with Gasteiger partial charge < -0.3 is 10.6 Å². The van der Waals surface area contributed by atoms with Gasteiger partial charge in [-0.25, -0.2) is 0 Å². The minimum atomic E-state index is 0.474. The van der Waals surface area contributed by atoms with Crippen molar-refractivity contribution in [1.82, 2.24) is 10.6 Å². The molecule has 13 heavy (non-hydrogen) atoms. The molecule has 0 fully saturated rings. The number of likely N-dealkylation sites (N-methyl/N-ethyl adjacent to an activating group) is 1. The fraction of sp³-hybridized carbons (Fsp3) is 0.818. The van der Waals surface area contributed by atoms with E-state index in [4.69, 9.17) is 0 Å². The summed E-state index contributed by atoms with van der Waals surface area (Å²) in [6.07, 6.45) is 4.49. The van der Waals surface area contributed by atoms with E-state index in [-0.39, 0.29) is 0 Å². The number of allylic oxidation sites excluding steroid dienone is 1. The van der Waals surface area contributed by atoms with Crippen molar-refractivity contribution in [1.29, 1.82) is 0 Å². The minimum Gasteiger partial charge on any atom is -0.385 e. The van der Waals surface area contributed by atoms with E-state index in [1.54, 1.807) is 0 Å². The maximum Gasteiger partial charge on any atom is 0.0461 e. The second kappa shape index (κ2) is 6.96. The molecule has 0 spiro atoms. The van der Waals surface area contributed by atoms with Gasteiger partial charge in [-0.05, 0) is 33.7 Å². The lowest BCUT2D eigenvalue weighted by Crippen LogP contribution is -2.36. The highest BCUT2D eigenvalue weighted by Gasteiger charge is 2.09. The molecule has 0 rings (SSSR count). The van der Waals surface area contributed by atoms with Crippen molar-refractivity contribution in [3.63, 3.8) is 0 Å². The number of rotatable bonds is 6. The normalized spacial score (nSPS) is 14.8. The predicted octanol–water partition coefficient (Wildman–Crippen LogP) is 2.28. The smallest absolute Gasteiger partial charge is 0.0461 e. The van der Waals surface area contributed by atoms with Gasteiger partial charge in [0.2, 0.25) is 0 Å². The van der Waals surface area contributed by atoms with Gasteiger partial charge in [0.05, 0.1) is 0 Å². The van der Waals surface area contributed by atoms with Crippen molar-refractivity contribution >= 4 is 0 Å². The average Bonchev–Trinajstić information content (AvgIpc) is 2.05. The molecule has 0 bridgehead atoms. The molecule has 0 unspecified atom stereocenters. The van der Waals surface area contributed by atoms with Crippen LogP contribution in [0.25, 0.3) is 0 Å². The Kier molecular flexibility index (Phi) is 6.69. The fourth-order valence-corrected chi connectivity index (χ4v) is 1.43. The van der Waals surface area contributed by atoms with Gasteiger partial charge in [-0.15, -0.1) is 0 Å². The Morgan fingerprint density at radius 1 is 1.31 bits per heavy atom. The van der Waals surface area contributed by atoms with Crippen LogP contribution in [-0.2, 0) is 0 Å². The van der Waals surface area contributed by atoms with E-state index in [2.05, 4.69) is 44.4 Å². The van der Waals surface area contributed by atoms with E-state index in [0.29, 0.717) is 12.1 Å². The monoisotopic (exact) mass is 184 g/mol. The van der Waals surface area contributed by atoms with Crippen molar-refractivity contribution in [2.24, 2.45) is 0 Å². The molecule has 0 amide bonds. The van der Waals surface area contributed by atoms with E-state index >= 15 is 0 Å². The minimum absolute atomic E-state index is 0.474. The zero-order chi connectivity index (χ0) is 10.3. The van der Waals surface area contributed by atoms with Crippen LogP contribution in [-0.4, -0.2) is 19.1 Å². The maximum atomic E-state index is 3.48. The van der Waals surface area contributed by atoms with Crippen LogP contribution in [0, 0.1) is 0 Å². The van der Waals surface area contributed by atoms with Gasteiger partial charge in [-0.2, -0.15) is 0 Å². The highest BCUT2D eigenvalue weighted by molar-refractivity contribution is 5.08. The fourth-order valence-electron chi connectivity index (χ4n) is 1.43. The van der Waals surface area contributed by atoms with Gasteiger partial charge in [0, 0.05) is 17.8 Å². The molecule has 0 heterocycles. The van der Waals surface area contributed by atoms with Crippen LogP contribution < -0.4 is 10.6 Å². The standard InChI is InChI=1S/C11H24N2/c1-6-8-11(13-9(3)4)10(7-2)12-5/h8-10,12-13H,6-7H2,1-5H3/b11-8-/t10-/m0/s1. The van der Waals surface area contributed by atoms with Crippen LogP contribution in [0.4, 0.5) is 0 Å². The lowest BCUT2D eigenvalue weighted by atomic mass is 10.1. The largest absolute Gasteiger partial charge is 0.385 e. The quantitative estimate of drug-likeness (QED) is 0.662. The summed E-state index contributed by atoms with van der Waals surface area (Å²) < 4.78 is 0. The molecular formula is C11H24N2. The third-order valence-corrected chi connectivity index (χ3v) is 2.01. The lowest BCUT2D eigenvalue weighted by molar-refractivity contribution is 0.536. The van der Waals surface area contributed by atoms with E-state index in [1.165, 1.54) is 5.70 Å². The van der Waals surface area contributed by atoms with Gasteiger partial charge >= 0.3 is 0 Å². The molecular weight excluding hydrogens is 160 g/mol. The molecule has 78 valence electrons. The Morgan fingerprint density at radius 3 is 2.23 bits per heavy atom. The van der Waals surface area contributed by atoms with Crippen molar-refractivity contribution in [2.75, 3.05) is 7.05 Å². The highest BCUT2D eigenvalue weighted by Crippen LogP contribution is 2.05. The maximum absolute atomic E-state index is 3.48. The SMILES string of the molecule is CC/C=C(\NC(C)C)[C@H](CC)NC. The molecule has 0 aromatic rings. The van der Waals surface area contributed by atoms with Crippen molar-refractivity contribution in [3.8, 4) is 0 Å². The second-order valence-electron chi connectivity index (χ2n) is 3.62. The van der Waals surface area contributed by atoms with Crippen molar-refractivity contribution in [2.45, 2.75) is 52.6 Å². The number of nitrogens with one attached hydrogen (secondary N) is 2. The van der Waals surface area contributed by atoms with Gasteiger partial charge in [0.25, 0.3) is 0 Å². The van der Waals surface area contributed by atoms with Crippen LogP contribution in [0.5, 0.6) is 0 Å². The molecule has 0 aliphatic heterocycles. The third-order valence-electron chi connectivity index (χ3n) is 2.01. The zero-order valence-corrected chi connectivity index (χ0v) is 9.65. The van der Waals surface area contributed by atoms with Crippen LogP contribution >= 0.6 is 0 Å². The van der Waals surface area contributed by atoms with Crippen LogP contribution in [0.1, 0.15) is 40.5 Å². The first-order valence-electron chi connectivity index (χ1n) is 5.29. The summed E-state index contributed by atoms with van der Waals surface area (Å²) in [4.78, 5) is 0. The summed E-state index contributed by atoms with van der Waals surface area (Å²) in [5, 5.41) is 6.79. The summed E-state index contributed by atoms with van der Waals surface area (Å²) >= 11 is 0. The third kappa shape index (κ3) is 4.94. The molecule has 0 radical (unpaired) electrons. The molecule has 2 heteroatoms. The first-order chi connectivity index (χ1) is 6.15. The van der Waals surface area contributed by atoms with Crippen LogP contribution in [0.2, 0.25) is 0 Å². The molecule has 2 N–H and O–H groups in total. The summed E-state index contributed by atoms with van der Waals surface area (Å²) in [6, 6.07) is 0.988. The van der Waals surface area contributed by atoms with E-state index in [9.17, 15) is 0 Å². The van der Waals surface area contributed by atoms with Gasteiger partial charge in [0.1, 0.15) is 0 Å². The molecule has 0 saturated carbocycles. The first-order valence-corrected chi connectivity index (χ1v) is 5.29. The topological polar surface area (TPSA) is 24.1 Å². The molecule has 2 nitrogen and oxygen atoms in total. The Morgan fingerprint density at radius 2 is 1.92 bits per heavy atom. The Hall–Kier alpha value is -0.500. The summed E-state index contributed by atoms with van der Waals surface area (Å²) in [5.41, 5.74) is 1.34. The molecule has 0 aromatic carbocycles. The average molecular weight is 184 g/mol. The number of hydrogen-bond acceptors (Lipinski definition) is 2. The summed E-state index contributed by atoms with van der Waals surface area (Å²) in [5.74, 6) is 0. The number of hydrogen-bond donors (Lipinski definition) is 2.